The highest BCUT2D eigenvalue weighted by Crippen LogP contribution is 2.40. The van der Waals surface area contributed by atoms with Crippen molar-refractivity contribution in [3.63, 3.8) is 0 Å². The highest BCUT2D eigenvalue weighted by Gasteiger charge is 2.35. The number of benzene rings is 3. The number of carbonyl (C=O) groups is 1. The van der Waals surface area contributed by atoms with Crippen molar-refractivity contribution in [1.29, 1.82) is 0 Å². The van der Waals surface area contributed by atoms with Crippen LogP contribution in [0.5, 0.6) is 0 Å². The van der Waals surface area contributed by atoms with Crippen molar-refractivity contribution in [3.05, 3.63) is 112 Å². The lowest BCUT2D eigenvalue weighted by atomic mass is 9.75. The second-order valence-electron chi connectivity index (χ2n) is 13.6. The molecule has 0 saturated heterocycles. The molecule has 3 aromatic carbocycles. The molecule has 9 heteroatoms. The van der Waals surface area contributed by atoms with Crippen molar-refractivity contribution < 1.29 is 18.7 Å². The van der Waals surface area contributed by atoms with Crippen LogP contribution >= 0.6 is 11.8 Å². The van der Waals surface area contributed by atoms with E-state index in [-0.39, 0.29) is 11.2 Å². The van der Waals surface area contributed by atoms with Crippen LogP contribution < -0.4 is 0 Å². The molecule has 0 aliphatic carbocycles. The number of H-pyrrole nitrogens is 1. The fraction of sp³-hybridized carbons (Fsp3) is 0.342. The molecule has 1 aliphatic rings. The number of carboxylic acids is 1. The van der Waals surface area contributed by atoms with Crippen molar-refractivity contribution in [2.75, 3.05) is 11.5 Å². The van der Waals surface area contributed by atoms with Crippen molar-refractivity contribution in [1.82, 2.24) is 19.7 Å². The topological polar surface area (TPSA) is 83.8 Å². The predicted molar refractivity (Wildman–Crippen MR) is 186 cm³/mol. The summed E-state index contributed by atoms with van der Waals surface area (Å²) in [6, 6.07) is 16.3. The summed E-state index contributed by atoms with van der Waals surface area (Å²) < 4.78 is 32.9. The molecule has 1 aliphatic heterocycles. The number of halogens is 2. The van der Waals surface area contributed by atoms with Crippen molar-refractivity contribution in [2.45, 2.75) is 58.3 Å². The molecule has 0 fully saturated rings. The quantitative estimate of drug-likeness (QED) is 0.190. The lowest BCUT2D eigenvalue weighted by Gasteiger charge is -2.30. The zero-order valence-electron chi connectivity index (χ0n) is 27.2. The summed E-state index contributed by atoms with van der Waals surface area (Å²) in [7, 11) is 1.77. The van der Waals surface area contributed by atoms with E-state index in [0.717, 1.165) is 76.4 Å². The maximum Gasteiger partial charge on any atom is 0.328 e. The van der Waals surface area contributed by atoms with Gasteiger partial charge in [0.15, 0.2) is 11.6 Å². The van der Waals surface area contributed by atoms with Crippen molar-refractivity contribution in [3.8, 4) is 11.4 Å². The molecule has 2 N–H and O–H groups in total. The van der Waals surface area contributed by atoms with Gasteiger partial charge in [0.25, 0.3) is 0 Å². The van der Waals surface area contributed by atoms with Crippen molar-refractivity contribution >= 4 is 34.7 Å². The molecule has 6 nitrogen and oxygen atoms in total. The fourth-order valence-electron chi connectivity index (χ4n) is 6.73. The summed E-state index contributed by atoms with van der Waals surface area (Å²) in [6.07, 6.45) is 8.23. The molecule has 3 heterocycles. The number of hydrogen-bond acceptors (Lipinski definition) is 4. The van der Waals surface area contributed by atoms with Gasteiger partial charge >= 0.3 is 5.97 Å². The molecule has 4 bridgehead atoms. The first-order valence-corrected chi connectivity index (χ1v) is 17.2. The molecule has 1 unspecified atom stereocenters. The van der Waals surface area contributed by atoms with Crippen LogP contribution in [0.2, 0.25) is 0 Å². The minimum absolute atomic E-state index is 0.0561. The minimum atomic E-state index is -1.01. The van der Waals surface area contributed by atoms with Gasteiger partial charge < -0.3 is 10.1 Å². The first-order chi connectivity index (χ1) is 22.4. The number of aromatic nitrogens is 4. The predicted octanol–water partition coefficient (Wildman–Crippen LogP) is 8.72. The average molecular weight is 655 g/mol. The van der Waals surface area contributed by atoms with Gasteiger partial charge in [-0.25, -0.2) is 23.2 Å². The Labute approximate surface area is 278 Å². The minimum Gasteiger partial charge on any atom is -0.478 e. The summed E-state index contributed by atoms with van der Waals surface area (Å²) in [6.45, 7) is 6.69. The van der Waals surface area contributed by atoms with E-state index in [2.05, 4.69) is 25.8 Å². The number of nitrogens with zero attached hydrogens (tertiary/aromatic N) is 3. The largest absolute Gasteiger partial charge is 0.478 e. The van der Waals surface area contributed by atoms with Crippen LogP contribution in [-0.4, -0.2) is 42.3 Å². The second kappa shape index (κ2) is 13.1. The first-order valence-electron chi connectivity index (χ1n) is 16.0. The van der Waals surface area contributed by atoms with E-state index in [9.17, 15) is 9.90 Å². The smallest absolute Gasteiger partial charge is 0.328 e. The van der Waals surface area contributed by atoms with Crippen LogP contribution in [0.4, 0.5) is 8.78 Å². The molecular formula is C38H40F2N4O2S. The van der Waals surface area contributed by atoms with Gasteiger partial charge in [-0.1, -0.05) is 50.6 Å². The number of hydrogen-bond donors (Lipinski definition) is 2. The maximum absolute atomic E-state index is 15.7. The molecule has 244 valence electrons. The number of thioether (sulfide) groups is 1. The van der Waals surface area contributed by atoms with Crippen LogP contribution in [0.25, 0.3) is 28.4 Å². The molecule has 5 aromatic rings. The van der Waals surface area contributed by atoms with E-state index >= 15 is 8.78 Å². The number of aliphatic carboxylic acids is 1. The maximum atomic E-state index is 15.7. The summed E-state index contributed by atoms with van der Waals surface area (Å²) in [4.78, 5) is 19.4. The number of carboxylic acid groups (broad SMARTS) is 1. The Hall–Kier alpha value is -4.24. The van der Waals surface area contributed by atoms with Crippen LogP contribution in [0.1, 0.15) is 73.7 Å². The number of fused-ring (bicyclic) bond motifs is 8. The van der Waals surface area contributed by atoms with Gasteiger partial charge in [-0.3, -0.25) is 0 Å². The third-order valence-corrected chi connectivity index (χ3v) is 10.9. The Morgan fingerprint density at radius 2 is 1.87 bits per heavy atom. The van der Waals surface area contributed by atoms with E-state index in [1.807, 2.05) is 48.3 Å². The molecule has 0 saturated carbocycles. The van der Waals surface area contributed by atoms with Gasteiger partial charge in [0.2, 0.25) is 0 Å². The summed E-state index contributed by atoms with van der Waals surface area (Å²) >= 11 is 1.89. The zero-order chi connectivity index (χ0) is 33.3. The number of rotatable bonds is 3. The van der Waals surface area contributed by atoms with E-state index < -0.39 is 17.2 Å². The lowest BCUT2D eigenvalue weighted by Crippen LogP contribution is -2.27. The Morgan fingerprint density at radius 3 is 2.68 bits per heavy atom. The number of nitrogens with one attached hydrogen (secondary N) is 1. The van der Waals surface area contributed by atoms with Gasteiger partial charge in [-0.05, 0) is 101 Å². The summed E-state index contributed by atoms with van der Waals surface area (Å²) in [5, 5.41) is 15.1. The molecule has 47 heavy (non-hydrogen) atoms. The summed E-state index contributed by atoms with van der Waals surface area (Å²) in [5.74, 6) is 1.09. The van der Waals surface area contributed by atoms with Crippen LogP contribution in [0.15, 0.2) is 66.9 Å². The van der Waals surface area contributed by atoms with Crippen LogP contribution in [0.3, 0.4) is 0 Å². The van der Waals surface area contributed by atoms with Gasteiger partial charge in [-0.15, -0.1) is 0 Å². The third-order valence-electron chi connectivity index (χ3n) is 9.40. The molecule has 6 rings (SSSR count). The monoisotopic (exact) mass is 654 g/mol. The SMILES string of the molecule is Cn1nc2nc1-c1cc(ccc1F)Cc1c(F)cc3[nH]ccc3c1CCSCC(C)(C)CCCC2(C)c1cccc(/C=C/C(=O)O)c1. The van der Waals surface area contributed by atoms with E-state index in [0.29, 0.717) is 29.2 Å². The second-order valence-corrected chi connectivity index (χ2v) is 14.7. The van der Waals surface area contributed by atoms with Gasteiger partial charge in [-0.2, -0.15) is 16.9 Å². The molecule has 0 spiro atoms. The highest BCUT2D eigenvalue weighted by atomic mass is 32.2. The standard InChI is InChI=1S/C38H40F2N4O2S/c1-37(2)15-6-16-38(3,26-8-5-7-24(19-26)10-12-34(45)46)36-42-35(44(4)43-36)30-21-25(9-11-31(30)39)20-29-27(14-18-47-23-37)28-13-17-41-33(28)22-32(29)40/h5,7-13,17,19,21-22,41H,6,14-16,18,20,23H2,1-4H3,(H,45,46)/b12-10+. The molecule has 1 atom stereocenters. The normalized spacial score (nSPS) is 18.9. The van der Waals surface area contributed by atoms with E-state index in [4.69, 9.17) is 10.1 Å². The lowest BCUT2D eigenvalue weighted by molar-refractivity contribution is -0.131. The number of aryl methyl sites for hydroxylation is 2. The molecular weight excluding hydrogens is 615 g/mol. The third kappa shape index (κ3) is 6.91. The first kappa shape index (κ1) is 32.7. The van der Waals surface area contributed by atoms with Gasteiger partial charge in [0.1, 0.15) is 11.6 Å². The van der Waals surface area contributed by atoms with Crippen LogP contribution in [-0.2, 0) is 30.1 Å². The number of aromatic amines is 1. The zero-order valence-corrected chi connectivity index (χ0v) is 28.1. The van der Waals surface area contributed by atoms with Crippen LogP contribution in [0, 0.1) is 17.0 Å². The molecule has 0 radical (unpaired) electrons. The Kier molecular flexibility index (Phi) is 9.12. The molecule has 2 aromatic heterocycles. The molecule has 0 amide bonds. The summed E-state index contributed by atoms with van der Waals surface area (Å²) in [5.41, 5.74) is 4.67. The van der Waals surface area contributed by atoms with Gasteiger partial charge in [0, 0.05) is 36.6 Å². The fourth-order valence-corrected chi connectivity index (χ4v) is 7.92. The Balaban J connectivity index is 1.48. The average Bonchev–Trinajstić information content (AvgIpc) is 3.66. The Bertz CT molecular complexity index is 1980. The Morgan fingerprint density at radius 1 is 1.04 bits per heavy atom. The van der Waals surface area contributed by atoms with E-state index in [1.165, 1.54) is 6.07 Å². The van der Waals surface area contributed by atoms with Crippen molar-refractivity contribution in [2.24, 2.45) is 12.5 Å². The van der Waals surface area contributed by atoms with Gasteiger partial charge in [0.05, 0.1) is 11.0 Å². The highest BCUT2D eigenvalue weighted by molar-refractivity contribution is 7.99. The van der Waals surface area contributed by atoms with E-state index in [1.54, 1.807) is 36.0 Å².